The maximum atomic E-state index is 13.3. The highest BCUT2D eigenvalue weighted by Gasteiger charge is 2.32. The number of carboxylic acids is 1. The summed E-state index contributed by atoms with van der Waals surface area (Å²) in [5.41, 5.74) is 12.4. The fourth-order valence-electron chi connectivity index (χ4n) is 3.92. The highest BCUT2D eigenvalue weighted by molar-refractivity contribution is 5.94. The third kappa shape index (κ3) is 11.7. The smallest absolute Gasteiger partial charge is 0.326 e. The van der Waals surface area contributed by atoms with Crippen molar-refractivity contribution in [3.63, 3.8) is 0 Å². The predicted molar refractivity (Wildman–Crippen MR) is 143 cm³/mol. The summed E-state index contributed by atoms with van der Waals surface area (Å²) in [4.78, 5) is 51.0. The molecule has 3 amide bonds. The van der Waals surface area contributed by atoms with E-state index in [0.29, 0.717) is 32.2 Å². The number of aliphatic carboxylic acids is 1. The quantitative estimate of drug-likeness (QED) is 0.168. The third-order valence-electron chi connectivity index (χ3n) is 6.33. The van der Waals surface area contributed by atoms with Crippen molar-refractivity contribution < 1.29 is 24.3 Å². The Balaban J connectivity index is 3.02. The third-order valence-corrected chi connectivity index (χ3v) is 6.33. The first-order chi connectivity index (χ1) is 17.5. The number of amides is 3. The number of carbonyl (C=O) groups is 4. The first-order valence-corrected chi connectivity index (χ1v) is 13.1. The van der Waals surface area contributed by atoms with E-state index in [2.05, 4.69) is 16.0 Å². The molecule has 1 aromatic rings. The Morgan fingerprint density at radius 1 is 0.892 bits per heavy atom. The number of carbonyl (C=O) groups excluding carboxylic acids is 3. The Hall–Kier alpha value is -2.98. The van der Waals surface area contributed by atoms with Crippen molar-refractivity contribution >= 4 is 23.7 Å². The van der Waals surface area contributed by atoms with Gasteiger partial charge >= 0.3 is 5.97 Å². The van der Waals surface area contributed by atoms with Crippen molar-refractivity contribution in [1.82, 2.24) is 16.0 Å². The molecule has 0 aliphatic rings. The standard InChI is InChI=1S/C27H45N5O5/c1-5-18(4)23(32-24(33)20(29)15-17(2)3)26(35)30-21(13-9-10-14-28)25(34)31-22(27(36)37)16-19-11-7-6-8-12-19/h6-8,11-12,17-18,20-23H,5,9-10,13-16,28-29H2,1-4H3,(H,30,35)(H,31,34)(H,32,33)(H,36,37). The highest BCUT2D eigenvalue weighted by atomic mass is 16.4. The van der Waals surface area contributed by atoms with Crippen LogP contribution in [0.15, 0.2) is 30.3 Å². The van der Waals surface area contributed by atoms with Crippen LogP contribution in [0.25, 0.3) is 0 Å². The van der Waals surface area contributed by atoms with Crippen LogP contribution in [0.2, 0.25) is 0 Å². The molecule has 0 saturated carbocycles. The Morgan fingerprint density at radius 3 is 2.05 bits per heavy atom. The molecule has 0 fully saturated rings. The van der Waals surface area contributed by atoms with Crippen LogP contribution < -0.4 is 27.4 Å². The van der Waals surface area contributed by atoms with E-state index in [4.69, 9.17) is 11.5 Å². The van der Waals surface area contributed by atoms with Crippen molar-refractivity contribution in [3.05, 3.63) is 35.9 Å². The topological polar surface area (TPSA) is 177 Å². The molecule has 10 nitrogen and oxygen atoms in total. The minimum atomic E-state index is -1.17. The number of carboxylic acid groups (broad SMARTS) is 1. The monoisotopic (exact) mass is 519 g/mol. The van der Waals surface area contributed by atoms with E-state index >= 15 is 0 Å². The van der Waals surface area contributed by atoms with Gasteiger partial charge in [0.2, 0.25) is 17.7 Å². The van der Waals surface area contributed by atoms with Crippen molar-refractivity contribution in [2.24, 2.45) is 23.3 Å². The molecule has 0 spiro atoms. The summed E-state index contributed by atoms with van der Waals surface area (Å²) in [6.45, 7) is 8.07. The van der Waals surface area contributed by atoms with E-state index in [-0.39, 0.29) is 24.7 Å². The Kier molecular flexibility index (Phi) is 14.5. The molecule has 5 atom stereocenters. The number of nitrogens with two attached hydrogens (primary N) is 2. The Bertz CT molecular complexity index is 864. The van der Waals surface area contributed by atoms with Crippen LogP contribution in [0.3, 0.4) is 0 Å². The maximum Gasteiger partial charge on any atom is 0.326 e. The summed E-state index contributed by atoms with van der Waals surface area (Å²) < 4.78 is 0. The van der Waals surface area contributed by atoms with Gasteiger partial charge in [-0.15, -0.1) is 0 Å². The number of unbranched alkanes of at least 4 members (excludes halogenated alkanes) is 1. The number of benzene rings is 1. The van der Waals surface area contributed by atoms with Gasteiger partial charge in [-0.1, -0.05) is 64.4 Å². The summed E-state index contributed by atoms with van der Waals surface area (Å²) in [7, 11) is 0. The number of rotatable bonds is 17. The molecule has 8 N–H and O–H groups in total. The average Bonchev–Trinajstić information content (AvgIpc) is 2.85. The van der Waals surface area contributed by atoms with Gasteiger partial charge in [0.05, 0.1) is 6.04 Å². The predicted octanol–water partition coefficient (Wildman–Crippen LogP) is 1.32. The molecule has 0 bridgehead atoms. The SMILES string of the molecule is CCC(C)C(NC(=O)C(N)CC(C)C)C(=O)NC(CCCCN)C(=O)NC(Cc1ccccc1)C(=O)O. The van der Waals surface area contributed by atoms with Gasteiger partial charge in [-0.05, 0) is 49.6 Å². The zero-order valence-corrected chi connectivity index (χ0v) is 22.5. The zero-order chi connectivity index (χ0) is 28.0. The van der Waals surface area contributed by atoms with Crippen LogP contribution in [0, 0.1) is 11.8 Å². The van der Waals surface area contributed by atoms with Crippen molar-refractivity contribution in [2.75, 3.05) is 6.54 Å². The van der Waals surface area contributed by atoms with Gasteiger partial charge in [-0.3, -0.25) is 14.4 Å². The molecule has 1 rings (SSSR count). The van der Waals surface area contributed by atoms with Crippen molar-refractivity contribution in [3.8, 4) is 0 Å². The summed E-state index contributed by atoms with van der Waals surface area (Å²) in [5.74, 6) is -2.71. The first-order valence-electron chi connectivity index (χ1n) is 13.1. The van der Waals surface area contributed by atoms with Crippen LogP contribution in [-0.2, 0) is 25.6 Å². The lowest BCUT2D eigenvalue weighted by Gasteiger charge is -2.28. The lowest BCUT2D eigenvalue weighted by atomic mass is 9.96. The summed E-state index contributed by atoms with van der Waals surface area (Å²) in [6.07, 6.45) is 2.67. The largest absolute Gasteiger partial charge is 0.480 e. The van der Waals surface area contributed by atoms with Gasteiger partial charge in [0.1, 0.15) is 18.1 Å². The molecule has 10 heteroatoms. The second-order valence-corrected chi connectivity index (χ2v) is 10.0. The minimum Gasteiger partial charge on any atom is -0.480 e. The van der Waals surface area contributed by atoms with Crippen LogP contribution in [0.5, 0.6) is 0 Å². The van der Waals surface area contributed by atoms with Crippen LogP contribution >= 0.6 is 0 Å². The highest BCUT2D eigenvalue weighted by Crippen LogP contribution is 2.12. The van der Waals surface area contributed by atoms with Gasteiger partial charge < -0.3 is 32.5 Å². The van der Waals surface area contributed by atoms with Crippen LogP contribution in [0.4, 0.5) is 0 Å². The van der Waals surface area contributed by atoms with E-state index < -0.39 is 47.9 Å². The molecule has 37 heavy (non-hydrogen) atoms. The molecule has 0 saturated heterocycles. The normalized spacial score (nSPS) is 15.2. The van der Waals surface area contributed by atoms with Crippen molar-refractivity contribution in [2.45, 2.75) is 90.4 Å². The molecule has 0 aromatic heterocycles. The molecular weight excluding hydrogens is 474 g/mol. The maximum absolute atomic E-state index is 13.3. The van der Waals surface area contributed by atoms with Crippen LogP contribution in [0.1, 0.15) is 65.4 Å². The zero-order valence-electron chi connectivity index (χ0n) is 22.5. The molecule has 0 heterocycles. The van der Waals surface area contributed by atoms with Gasteiger partial charge in [0.15, 0.2) is 0 Å². The molecule has 0 aliphatic heterocycles. The molecule has 1 aromatic carbocycles. The van der Waals surface area contributed by atoms with E-state index in [9.17, 15) is 24.3 Å². The summed E-state index contributed by atoms with van der Waals surface area (Å²) in [5, 5.41) is 17.8. The number of hydrogen-bond donors (Lipinski definition) is 6. The van der Waals surface area contributed by atoms with Gasteiger partial charge in [-0.2, -0.15) is 0 Å². The van der Waals surface area contributed by atoms with E-state index in [0.717, 1.165) is 5.56 Å². The molecule has 208 valence electrons. The second kappa shape index (κ2) is 16.7. The van der Waals surface area contributed by atoms with E-state index in [1.165, 1.54) is 0 Å². The lowest BCUT2D eigenvalue weighted by molar-refractivity contribution is -0.142. The average molecular weight is 520 g/mol. The number of hydrogen-bond acceptors (Lipinski definition) is 6. The van der Waals surface area contributed by atoms with Gasteiger partial charge in [0, 0.05) is 6.42 Å². The lowest BCUT2D eigenvalue weighted by Crippen LogP contribution is -2.58. The molecule has 5 unspecified atom stereocenters. The minimum absolute atomic E-state index is 0.102. The fraction of sp³-hybridized carbons (Fsp3) is 0.630. The molecular formula is C27H45N5O5. The second-order valence-electron chi connectivity index (χ2n) is 10.0. The molecule has 0 aliphatic carbocycles. The Morgan fingerprint density at radius 2 is 1.51 bits per heavy atom. The van der Waals surface area contributed by atoms with E-state index in [1.807, 2.05) is 33.8 Å². The van der Waals surface area contributed by atoms with Crippen LogP contribution in [-0.4, -0.2) is 59.5 Å². The van der Waals surface area contributed by atoms with Crippen molar-refractivity contribution in [1.29, 1.82) is 0 Å². The van der Waals surface area contributed by atoms with E-state index in [1.54, 1.807) is 24.3 Å². The Labute approximate surface area is 220 Å². The molecule has 0 radical (unpaired) electrons. The summed E-state index contributed by atoms with van der Waals surface area (Å²) in [6, 6.07) is 5.19. The van der Waals surface area contributed by atoms with Gasteiger partial charge in [0.25, 0.3) is 0 Å². The first kappa shape index (κ1) is 32.0. The number of nitrogens with one attached hydrogen (secondary N) is 3. The van der Waals surface area contributed by atoms with Gasteiger partial charge in [-0.25, -0.2) is 4.79 Å². The summed E-state index contributed by atoms with van der Waals surface area (Å²) >= 11 is 0. The fourth-order valence-corrected chi connectivity index (χ4v) is 3.92.